The van der Waals surface area contributed by atoms with Gasteiger partial charge in [0.2, 0.25) is 0 Å². The number of ether oxygens (including phenoxy) is 2. The molecule has 0 bridgehead atoms. The van der Waals surface area contributed by atoms with Crippen molar-refractivity contribution in [2.24, 2.45) is 0 Å². The summed E-state index contributed by atoms with van der Waals surface area (Å²) in [5.74, 6) is 2.46. The maximum atomic E-state index is 6.19. The lowest BCUT2D eigenvalue weighted by Gasteiger charge is -2.15. The molecule has 2 aromatic heterocycles. The fourth-order valence-corrected chi connectivity index (χ4v) is 3.74. The van der Waals surface area contributed by atoms with E-state index in [1.54, 1.807) is 20.4 Å². The lowest BCUT2D eigenvalue weighted by Crippen LogP contribution is -2.01. The van der Waals surface area contributed by atoms with Crippen LogP contribution < -0.4 is 14.8 Å². The summed E-state index contributed by atoms with van der Waals surface area (Å²) in [6.45, 7) is 2.16. The number of fused-ring (bicyclic) bond motifs is 3. The highest BCUT2D eigenvalue weighted by Gasteiger charge is 2.34. The third-order valence-corrected chi connectivity index (χ3v) is 5.07. The van der Waals surface area contributed by atoms with Crippen molar-refractivity contribution in [3.05, 3.63) is 46.7 Å². The molecule has 0 radical (unpaired) electrons. The van der Waals surface area contributed by atoms with Gasteiger partial charge in [0.25, 0.3) is 0 Å². The molecule has 1 aliphatic carbocycles. The Morgan fingerprint density at radius 3 is 2.69 bits per heavy atom. The smallest absolute Gasteiger partial charge is 0.161 e. The largest absolute Gasteiger partial charge is 0.493 e. The van der Waals surface area contributed by atoms with Crippen LogP contribution in [0.5, 0.6) is 11.5 Å². The minimum Gasteiger partial charge on any atom is -0.493 e. The Kier molecular flexibility index (Phi) is 4.20. The maximum absolute atomic E-state index is 6.19. The molecule has 6 nitrogen and oxygen atoms in total. The fourth-order valence-electron chi connectivity index (χ4n) is 3.57. The van der Waals surface area contributed by atoms with Crippen molar-refractivity contribution in [2.75, 3.05) is 19.5 Å². The van der Waals surface area contributed by atoms with Crippen LogP contribution in [0.3, 0.4) is 0 Å². The molecule has 3 aromatic rings. The Labute approximate surface area is 156 Å². The Balaban J connectivity index is 1.82. The standard InChI is InChI=1S/C19H19ClN4O2/c1-4-10-11-8-14(25-2)15(26-3)9-12(11)17-16(10)19(24-23-17)22-13-6-5-7-21-18(13)20/h5-10H,4H2,1-3H3,(H2,22,23,24)/t10-/m1/s1. The Morgan fingerprint density at radius 1 is 1.23 bits per heavy atom. The van der Waals surface area contributed by atoms with Crippen molar-refractivity contribution >= 4 is 23.1 Å². The summed E-state index contributed by atoms with van der Waals surface area (Å²) in [6, 6.07) is 7.76. The zero-order valence-electron chi connectivity index (χ0n) is 14.8. The first kappa shape index (κ1) is 16.7. The molecular weight excluding hydrogens is 352 g/mol. The number of aromatic amines is 1. The second-order valence-electron chi connectivity index (χ2n) is 6.08. The van der Waals surface area contributed by atoms with Gasteiger partial charge < -0.3 is 14.8 Å². The highest BCUT2D eigenvalue weighted by atomic mass is 35.5. The number of nitrogens with one attached hydrogen (secondary N) is 2. The number of halogens is 1. The van der Waals surface area contributed by atoms with Gasteiger partial charge in [-0.25, -0.2) is 4.98 Å². The molecular formula is C19H19ClN4O2. The van der Waals surface area contributed by atoms with Crippen LogP contribution in [0.1, 0.15) is 30.4 Å². The summed E-state index contributed by atoms with van der Waals surface area (Å²) >= 11 is 6.19. The summed E-state index contributed by atoms with van der Waals surface area (Å²) < 4.78 is 10.9. The summed E-state index contributed by atoms with van der Waals surface area (Å²) in [4.78, 5) is 4.11. The van der Waals surface area contributed by atoms with Gasteiger partial charge in [-0.15, -0.1) is 0 Å². The van der Waals surface area contributed by atoms with Crippen LogP contribution >= 0.6 is 11.6 Å². The normalized spacial score (nSPS) is 14.7. The number of methoxy groups -OCH3 is 2. The molecule has 2 heterocycles. The SMILES string of the molecule is CC[C@@H]1c2cc(OC)c(OC)cc2-c2n[nH]c(Nc3cccnc3Cl)c21. The molecule has 0 unspecified atom stereocenters. The highest BCUT2D eigenvalue weighted by Crippen LogP contribution is 2.51. The second-order valence-corrected chi connectivity index (χ2v) is 6.44. The van der Waals surface area contributed by atoms with Gasteiger partial charge >= 0.3 is 0 Å². The topological polar surface area (TPSA) is 72.1 Å². The number of pyridine rings is 1. The van der Waals surface area contributed by atoms with Gasteiger partial charge in [-0.1, -0.05) is 18.5 Å². The third-order valence-electron chi connectivity index (χ3n) is 4.77. The summed E-state index contributed by atoms with van der Waals surface area (Å²) in [6.07, 6.45) is 2.60. The number of hydrogen-bond acceptors (Lipinski definition) is 5. The zero-order valence-corrected chi connectivity index (χ0v) is 15.5. The fraction of sp³-hybridized carbons (Fsp3) is 0.263. The zero-order chi connectivity index (χ0) is 18.3. The van der Waals surface area contributed by atoms with Crippen LogP contribution in [0.25, 0.3) is 11.3 Å². The number of rotatable bonds is 5. The van der Waals surface area contributed by atoms with Gasteiger partial charge in [-0.3, -0.25) is 5.10 Å². The molecule has 0 amide bonds. The number of aromatic nitrogens is 3. The van der Waals surface area contributed by atoms with Crippen LogP contribution in [0, 0.1) is 0 Å². The van der Waals surface area contributed by atoms with Gasteiger partial charge in [-0.2, -0.15) is 5.10 Å². The van der Waals surface area contributed by atoms with Crippen molar-refractivity contribution in [2.45, 2.75) is 19.3 Å². The number of anilines is 2. The van der Waals surface area contributed by atoms with Gasteiger partial charge in [0.15, 0.2) is 16.7 Å². The molecule has 0 saturated heterocycles. The molecule has 134 valence electrons. The Hall–Kier alpha value is -2.73. The number of H-pyrrole nitrogens is 1. The van der Waals surface area contributed by atoms with Crippen LogP contribution in [-0.2, 0) is 0 Å². The molecule has 0 spiro atoms. The van der Waals surface area contributed by atoms with Gasteiger partial charge in [0, 0.05) is 23.2 Å². The quantitative estimate of drug-likeness (QED) is 0.634. The van der Waals surface area contributed by atoms with E-state index in [1.807, 2.05) is 24.3 Å². The lowest BCUT2D eigenvalue weighted by molar-refractivity contribution is 0.354. The van der Waals surface area contributed by atoms with E-state index in [1.165, 1.54) is 5.56 Å². The van der Waals surface area contributed by atoms with E-state index < -0.39 is 0 Å². The Morgan fingerprint density at radius 2 is 2.00 bits per heavy atom. The second kappa shape index (κ2) is 6.53. The van der Waals surface area contributed by atoms with E-state index >= 15 is 0 Å². The summed E-state index contributed by atoms with van der Waals surface area (Å²) in [5.41, 5.74) is 5.04. The van der Waals surface area contributed by atoms with Gasteiger partial charge in [0.05, 0.1) is 25.6 Å². The summed E-state index contributed by atoms with van der Waals surface area (Å²) in [7, 11) is 3.29. The lowest BCUT2D eigenvalue weighted by atomic mass is 9.94. The monoisotopic (exact) mass is 370 g/mol. The molecule has 4 rings (SSSR count). The highest BCUT2D eigenvalue weighted by molar-refractivity contribution is 6.32. The van der Waals surface area contributed by atoms with Crippen molar-refractivity contribution < 1.29 is 9.47 Å². The molecule has 0 saturated carbocycles. The van der Waals surface area contributed by atoms with Crippen LogP contribution in [0.4, 0.5) is 11.5 Å². The van der Waals surface area contributed by atoms with E-state index in [0.29, 0.717) is 10.9 Å². The molecule has 0 aliphatic heterocycles. The predicted octanol–water partition coefficient (Wildman–Crippen LogP) is 4.74. The summed E-state index contributed by atoms with van der Waals surface area (Å²) in [5, 5.41) is 11.4. The van der Waals surface area contributed by atoms with Gasteiger partial charge in [-0.05, 0) is 36.2 Å². The first-order chi connectivity index (χ1) is 12.7. The number of nitrogens with zero attached hydrogens (tertiary/aromatic N) is 2. The van der Waals surface area contributed by atoms with E-state index in [-0.39, 0.29) is 5.92 Å². The molecule has 0 fully saturated rings. The van der Waals surface area contributed by atoms with Crippen LogP contribution in [0.2, 0.25) is 5.15 Å². The first-order valence-corrected chi connectivity index (χ1v) is 8.77. The van der Waals surface area contributed by atoms with Crippen molar-refractivity contribution in [1.29, 1.82) is 0 Å². The van der Waals surface area contributed by atoms with Crippen LogP contribution in [0.15, 0.2) is 30.5 Å². The molecule has 26 heavy (non-hydrogen) atoms. The predicted molar refractivity (Wildman–Crippen MR) is 102 cm³/mol. The average Bonchev–Trinajstić information content (AvgIpc) is 3.20. The van der Waals surface area contributed by atoms with E-state index in [9.17, 15) is 0 Å². The molecule has 1 atom stereocenters. The third kappa shape index (κ3) is 2.49. The first-order valence-electron chi connectivity index (χ1n) is 8.40. The van der Waals surface area contributed by atoms with Crippen molar-refractivity contribution in [3.63, 3.8) is 0 Å². The van der Waals surface area contributed by atoms with Gasteiger partial charge in [0.1, 0.15) is 5.82 Å². The number of benzene rings is 1. The van der Waals surface area contributed by atoms with E-state index in [2.05, 4.69) is 27.4 Å². The number of hydrogen-bond donors (Lipinski definition) is 2. The Bertz CT molecular complexity index is 970. The van der Waals surface area contributed by atoms with Crippen LogP contribution in [-0.4, -0.2) is 29.4 Å². The van der Waals surface area contributed by atoms with E-state index in [0.717, 1.165) is 40.5 Å². The van der Waals surface area contributed by atoms with E-state index in [4.69, 9.17) is 21.1 Å². The van der Waals surface area contributed by atoms with Crippen molar-refractivity contribution in [1.82, 2.24) is 15.2 Å². The molecule has 7 heteroatoms. The molecule has 1 aromatic carbocycles. The minimum atomic E-state index is 0.205. The van der Waals surface area contributed by atoms with Crippen molar-refractivity contribution in [3.8, 4) is 22.8 Å². The molecule has 2 N–H and O–H groups in total. The molecule has 1 aliphatic rings. The average molecular weight is 371 g/mol. The maximum Gasteiger partial charge on any atom is 0.161 e. The minimum absolute atomic E-state index is 0.205.